The van der Waals surface area contributed by atoms with E-state index in [-0.39, 0.29) is 5.91 Å². The Balaban J connectivity index is 1.60. The van der Waals surface area contributed by atoms with Crippen LogP contribution < -0.4 is 0 Å². The Labute approximate surface area is 114 Å². The summed E-state index contributed by atoms with van der Waals surface area (Å²) in [6.07, 6.45) is 7.21. The van der Waals surface area contributed by atoms with Gasteiger partial charge in [0.15, 0.2) is 0 Å². The van der Waals surface area contributed by atoms with Gasteiger partial charge in [-0.25, -0.2) is 0 Å². The summed E-state index contributed by atoms with van der Waals surface area (Å²) in [5.74, 6) is 1.79. The fourth-order valence-corrected chi connectivity index (χ4v) is 2.94. The summed E-state index contributed by atoms with van der Waals surface area (Å²) in [6.45, 7) is 5.99. The van der Waals surface area contributed by atoms with E-state index in [9.17, 15) is 4.79 Å². The second-order valence-electron chi connectivity index (χ2n) is 6.36. The van der Waals surface area contributed by atoms with E-state index in [0.29, 0.717) is 11.7 Å². The van der Waals surface area contributed by atoms with Crippen LogP contribution in [0.2, 0.25) is 0 Å². The zero-order chi connectivity index (χ0) is 13.4. The molecule has 0 radical (unpaired) electrons. The third-order valence-corrected chi connectivity index (χ3v) is 4.29. The largest absolute Gasteiger partial charge is 0.337 e. The van der Waals surface area contributed by atoms with Crippen LogP contribution in [-0.2, 0) is 0 Å². The van der Waals surface area contributed by atoms with Crippen LogP contribution in [0.4, 0.5) is 0 Å². The van der Waals surface area contributed by atoms with Crippen molar-refractivity contribution in [3.05, 3.63) is 18.0 Å². The first-order chi connectivity index (χ1) is 9.13. The van der Waals surface area contributed by atoms with Crippen LogP contribution in [0.1, 0.15) is 56.1 Å². The predicted octanol–water partition coefficient (Wildman–Crippen LogP) is 2.73. The SMILES string of the molecule is CC(C)n1ccc(C(=O)N2CCC(CC3CC3)C2)n1. The molecule has 1 saturated carbocycles. The molecule has 1 unspecified atom stereocenters. The lowest BCUT2D eigenvalue weighted by molar-refractivity contribution is 0.0779. The highest BCUT2D eigenvalue weighted by Gasteiger charge is 2.32. The van der Waals surface area contributed by atoms with Crippen LogP contribution in [0.25, 0.3) is 0 Å². The fraction of sp³-hybridized carbons (Fsp3) is 0.733. The maximum Gasteiger partial charge on any atom is 0.274 e. The number of hydrogen-bond acceptors (Lipinski definition) is 2. The molecule has 4 nitrogen and oxygen atoms in total. The highest BCUT2D eigenvalue weighted by Crippen LogP contribution is 2.38. The Hall–Kier alpha value is -1.32. The number of aromatic nitrogens is 2. The molecule has 2 aliphatic rings. The van der Waals surface area contributed by atoms with Gasteiger partial charge in [-0.2, -0.15) is 5.10 Å². The summed E-state index contributed by atoms with van der Waals surface area (Å²) in [6, 6.07) is 2.15. The number of amides is 1. The van der Waals surface area contributed by atoms with Gasteiger partial charge in [-0.05, 0) is 44.6 Å². The summed E-state index contributed by atoms with van der Waals surface area (Å²) in [5, 5.41) is 4.38. The van der Waals surface area contributed by atoms with Gasteiger partial charge in [0.2, 0.25) is 0 Å². The molecule has 0 N–H and O–H groups in total. The standard InChI is InChI=1S/C15H23N3O/c1-11(2)18-8-6-14(16-18)15(19)17-7-5-13(10-17)9-12-3-4-12/h6,8,11-13H,3-5,7,9-10H2,1-2H3. The summed E-state index contributed by atoms with van der Waals surface area (Å²) >= 11 is 0. The van der Waals surface area contributed by atoms with Crippen LogP contribution in [0.5, 0.6) is 0 Å². The third-order valence-electron chi connectivity index (χ3n) is 4.29. The molecule has 104 valence electrons. The molecule has 19 heavy (non-hydrogen) atoms. The third kappa shape index (κ3) is 2.82. The van der Waals surface area contributed by atoms with E-state index >= 15 is 0 Å². The Kier molecular flexibility index (Phi) is 3.33. The van der Waals surface area contributed by atoms with Gasteiger partial charge in [0.25, 0.3) is 5.91 Å². The van der Waals surface area contributed by atoms with Crippen LogP contribution in [0.3, 0.4) is 0 Å². The van der Waals surface area contributed by atoms with Crippen LogP contribution in [-0.4, -0.2) is 33.7 Å². The number of hydrogen-bond donors (Lipinski definition) is 0. The second-order valence-corrected chi connectivity index (χ2v) is 6.36. The van der Waals surface area contributed by atoms with Gasteiger partial charge in [-0.15, -0.1) is 0 Å². The fourth-order valence-electron chi connectivity index (χ4n) is 2.94. The molecule has 2 heterocycles. The monoisotopic (exact) mass is 261 g/mol. The lowest BCUT2D eigenvalue weighted by Crippen LogP contribution is -2.29. The van der Waals surface area contributed by atoms with E-state index in [1.165, 1.54) is 25.7 Å². The topological polar surface area (TPSA) is 38.1 Å². The minimum atomic E-state index is 0.109. The van der Waals surface area contributed by atoms with Gasteiger partial charge in [0.05, 0.1) is 0 Å². The molecule has 1 aromatic rings. The van der Waals surface area contributed by atoms with E-state index in [1.54, 1.807) is 0 Å². The molecule has 0 aromatic carbocycles. The van der Waals surface area contributed by atoms with Crippen molar-refractivity contribution in [3.8, 4) is 0 Å². The van der Waals surface area contributed by atoms with Gasteiger partial charge < -0.3 is 4.90 Å². The van der Waals surface area contributed by atoms with Gasteiger partial charge in [-0.1, -0.05) is 12.8 Å². The molecule has 2 fully saturated rings. The summed E-state index contributed by atoms with van der Waals surface area (Å²) in [7, 11) is 0. The molecule has 4 heteroatoms. The van der Waals surface area contributed by atoms with Crippen molar-refractivity contribution < 1.29 is 4.79 Å². The number of nitrogens with zero attached hydrogens (tertiary/aromatic N) is 3. The Morgan fingerprint density at radius 3 is 2.79 bits per heavy atom. The van der Waals surface area contributed by atoms with Crippen LogP contribution in [0, 0.1) is 11.8 Å². The summed E-state index contributed by atoms with van der Waals surface area (Å²) in [5.41, 5.74) is 0.598. The van der Waals surface area contributed by atoms with Crippen LogP contribution in [0.15, 0.2) is 12.3 Å². The molecule has 0 spiro atoms. The first kappa shape index (κ1) is 12.7. The van der Waals surface area contributed by atoms with Crippen molar-refractivity contribution in [1.82, 2.24) is 14.7 Å². The highest BCUT2D eigenvalue weighted by atomic mass is 16.2. The maximum atomic E-state index is 12.4. The zero-order valence-electron chi connectivity index (χ0n) is 11.9. The van der Waals surface area contributed by atoms with E-state index in [1.807, 2.05) is 21.8 Å². The smallest absolute Gasteiger partial charge is 0.274 e. The Morgan fingerprint density at radius 1 is 1.37 bits per heavy atom. The summed E-state index contributed by atoms with van der Waals surface area (Å²) < 4.78 is 1.85. The van der Waals surface area contributed by atoms with E-state index < -0.39 is 0 Å². The molecule has 1 atom stereocenters. The molecule has 1 saturated heterocycles. The minimum absolute atomic E-state index is 0.109. The number of carbonyl (C=O) groups excluding carboxylic acids is 1. The first-order valence-electron chi connectivity index (χ1n) is 7.48. The Bertz CT molecular complexity index is 462. The van der Waals surface area contributed by atoms with E-state index in [2.05, 4.69) is 18.9 Å². The molecule has 1 aromatic heterocycles. The highest BCUT2D eigenvalue weighted by molar-refractivity contribution is 5.92. The number of likely N-dealkylation sites (tertiary alicyclic amines) is 1. The Morgan fingerprint density at radius 2 is 2.16 bits per heavy atom. The van der Waals surface area contributed by atoms with E-state index in [4.69, 9.17) is 0 Å². The summed E-state index contributed by atoms with van der Waals surface area (Å²) in [4.78, 5) is 14.4. The van der Waals surface area contributed by atoms with Gasteiger partial charge in [0, 0.05) is 25.3 Å². The van der Waals surface area contributed by atoms with Crippen molar-refractivity contribution >= 4 is 5.91 Å². The molecule has 0 bridgehead atoms. The van der Waals surface area contributed by atoms with Crippen molar-refractivity contribution in [3.63, 3.8) is 0 Å². The quantitative estimate of drug-likeness (QED) is 0.836. The van der Waals surface area contributed by atoms with E-state index in [0.717, 1.165) is 24.9 Å². The zero-order valence-corrected chi connectivity index (χ0v) is 11.9. The molecule has 1 amide bonds. The maximum absolute atomic E-state index is 12.4. The van der Waals surface area contributed by atoms with Gasteiger partial charge >= 0.3 is 0 Å². The first-order valence-corrected chi connectivity index (χ1v) is 7.48. The molecule has 3 rings (SSSR count). The average molecular weight is 261 g/mol. The number of rotatable bonds is 4. The molecule has 1 aliphatic carbocycles. The normalized spacial score (nSPS) is 23.3. The lowest BCUT2D eigenvalue weighted by Gasteiger charge is -2.15. The van der Waals surface area contributed by atoms with Crippen molar-refractivity contribution in [2.75, 3.05) is 13.1 Å². The van der Waals surface area contributed by atoms with Crippen LogP contribution >= 0.6 is 0 Å². The number of carbonyl (C=O) groups is 1. The van der Waals surface area contributed by atoms with Gasteiger partial charge in [-0.3, -0.25) is 9.48 Å². The van der Waals surface area contributed by atoms with Crippen molar-refractivity contribution in [2.24, 2.45) is 11.8 Å². The molecule has 1 aliphatic heterocycles. The minimum Gasteiger partial charge on any atom is -0.337 e. The lowest BCUT2D eigenvalue weighted by atomic mass is 10.0. The molecular formula is C15H23N3O. The van der Waals surface area contributed by atoms with Gasteiger partial charge in [0.1, 0.15) is 5.69 Å². The van der Waals surface area contributed by atoms with Crippen molar-refractivity contribution in [1.29, 1.82) is 0 Å². The molecular weight excluding hydrogens is 238 g/mol. The second kappa shape index (κ2) is 4.99. The van der Waals surface area contributed by atoms with Crippen molar-refractivity contribution in [2.45, 2.75) is 45.6 Å². The average Bonchev–Trinajstić information content (AvgIpc) is 2.91. The predicted molar refractivity (Wildman–Crippen MR) is 74.0 cm³/mol.